The first-order chi connectivity index (χ1) is 16.2. The zero-order chi connectivity index (χ0) is 25.3. The van der Waals surface area contributed by atoms with Crippen LogP contribution < -0.4 is 10.8 Å². The van der Waals surface area contributed by atoms with Gasteiger partial charge in [-0.2, -0.15) is 13.2 Å². The second-order valence-corrected chi connectivity index (χ2v) is 6.58. The summed E-state index contributed by atoms with van der Waals surface area (Å²) in [6.07, 6.45) is -0.0841. The molecule has 0 radical (unpaired) electrons. The average molecular weight is 474 g/mol. The van der Waals surface area contributed by atoms with Gasteiger partial charge in [0.15, 0.2) is 0 Å². The van der Waals surface area contributed by atoms with Crippen LogP contribution in [0.4, 0.5) is 18.9 Å². The fraction of sp³-hybridized carbons (Fsp3) is 0.217. The van der Waals surface area contributed by atoms with Gasteiger partial charge in [-0.05, 0) is 56.1 Å². The maximum absolute atomic E-state index is 13.0. The first-order valence-electron chi connectivity index (χ1n) is 10.3. The lowest BCUT2D eigenvalue weighted by Crippen LogP contribution is -2.18. The maximum Gasteiger partial charge on any atom is 0.416 e. The Bertz CT molecular complexity index is 1200. The van der Waals surface area contributed by atoms with E-state index in [0.29, 0.717) is 28.3 Å². The minimum absolute atomic E-state index is 0.152. The van der Waals surface area contributed by atoms with E-state index in [9.17, 15) is 18.0 Å². The van der Waals surface area contributed by atoms with Gasteiger partial charge in [0.1, 0.15) is 12.3 Å². The molecule has 0 aliphatic rings. The summed E-state index contributed by atoms with van der Waals surface area (Å²) in [5.41, 5.74) is 3.35. The fourth-order valence-electron chi connectivity index (χ4n) is 2.97. The van der Waals surface area contributed by atoms with Crippen molar-refractivity contribution in [1.29, 1.82) is 0 Å². The molecule has 0 fully saturated rings. The molecule has 0 saturated carbocycles. The molecule has 0 saturated heterocycles. The molecule has 2 heterocycles. The third-order valence-electron chi connectivity index (χ3n) is 4.50. The summed E-state index contributed by atoms with van der Waals surface area (Å²) < 4.78 is 40.4. The first-order valence-corrected chi connectivity index (χ1v) is 10.3. The number of pyridine rings is 1. The van der Waals surface area contributed by atoms with Gasteiger partial charge in [0.2, 0.25) is 0 Å². The Hall–Kier alpha value is -3.99. The number of aryl methyl sites for hydroxylation is 1. The van der Waals surface area contributed by atoms with Crippen molar-refractivity contribution in [2.45, 2.75) is 26.9 Å². The quantitative estimate of drug-likeness (QED) is 0.255. The number of carbonyl (C=O) groups excluding carboxylic acids is 1. The molecule has 1 aromatic carbocycles. The van der Waals surface area contributed by atoms with E-state index in [1.54, 1.807) is 30.6 Å². The molecule has 8 nitrogen and oxygen atoms in total. The van der Waals surface area contributed by atoms with Crippen LogP contribution in [-0.4, -0.2) is 40.1 Å². The van der Waals surface area contributed by atoms with Crippen LogP contribution in [0.5, 0.6) is 0 Å². The summed E-state index contributed by atoms with van der Waals surface area (Å²) in [5.74, 6) is -0.610. The number of amides is 1. The Morgan fingerprint density at radius 3 is 2.50 bits per heavy atom. The van der Waals surface area contributed by atoms with Crippen molar-refractivity contribution in [1.82, 2.24) is 14.9 Å². The summed E-state index contributed by atoms with van der Waals surface area (Å²) >= 11 is 0. The predicted molar refractivity (Wildman–Crippen MR) is 126 cm³/mol. The Morgan fingerprint density at radius 1 is 1.24 bits per heavy atom. The predicted octanol–water partition coefficient (Wildman–Crippen LogP) is 4.99. The third kappa shape index (κ3) is 6.29. The molecule has 0 unspecified atom stereocenters. The highest BCUT2D eigenvalue weighted by molar-refractivity contribution is 5.93. The number of allylic oxidation sites excluding steroid dienone is 1. The van der Waals surface area contributed by atoms with Gasteiger partial charge in [-0.25, -0.2) is 10.5 Å². The smallest absolute Gasteiger partial charge is 0.366 e. The second kappa shape index (κ2) is 11.8. The SMILES string of the molecule is C=N/C(=C\C=N/CNc1ccc(C(=O)NO)cc1)c1c(C)nc2cc(C(F)(F)F)ccn12.CC. The number of hydroxylamine groups is 1. The lowest BCUT2D eigenvalue weighted by atomic mass is 10.2. The van der Waals surface area contributed by atoms with Crippen molar-refractivity contribution in [2.24, 2.45) is 9.98 Å². The van der Waals surface area contributed by atoms with Crippen LogP contribution in [-0.2, 0) is 6.18 Å². The van der Waals surface area contributed by atoms with Gasteiger partial charge < -0.3 is 5.32 Å². The standard InChI is InChI=1S/C21H19F3N6O2.C2H6/c1-13-19(30-10-8-15(21(22,23)24)11-18(30)28-13)17(25-2)7-9-26-12-27-16-5-3-14(4-6-16)20(31)29-32;1-2/h3-11,27,32H,2,12H2,1H3,(H,29,31);1-2H3/b17-7-,26-9-;. The Kier molecular flexibility index (Phi) is 9.08. The number of rotatable bonds is 7. The van der Waals surface area contributed by atoms with Crippen LogP contribution in [0.25, 0.3) is 11.3 Å². The van der Waals surface area contributed by atoms with Crippen LogP contribution in [0.2, 0.25) is 0 Å². The number of carbonyl (C=O) groups is 1. The van der Waals surface area contributed by atoms with Crippen molar-refractivity contribution in [3.05, 3.63) is 71.2 Å². The van der Waals surface area contributed by atoms with Gasteiger partial charge >= 0.3 is 6.18 Å². The molecular formula is C23H25F3N6O2. The van der Waals surface area contributed by atoms with Crippen LogP contribution in [0, 0.1) is 6.92 Å². The van der Waals surface area contributed by atoms with Crippen molar-refractivity contribution >= 4 is 35.9 Å². The zero-order valence-electron chi connectivity index (χ0n) is 18.9. The van der Waals surface area contributed by atoms with E-state index in [1.807, 2.05) is 13.8 Å². The number of benzene rings is 1. The first kappa shape index (κ1) is 26.3. The number of hydrogen-bond donors (Lipinski definition) is 3. The molecule has 2 aromatic heterocycles. The van der Waals surface area contributed by atoms with Gasteiger partial charge in [0.05, 0.1) is 22.6 Å². The summed E-state index contributed by atoms with van der Waals surface area (Å²) in [6.45, 7) is 9.42. The topological polar surface area (TPSA) is 103 Å². The fourth-order valence-corrected chi connectivity index (χ4v) is 2.97. The van der Waals surface area contributed by atoms with E-state index >= 15 is 0 Å². The molecule has 0 atom stereocenters. The zero-order valence-corrected chi connectivity index (χ0v) is 18.9. The Morgan fingerprint density at radius 2 is 1.91 bits per heavy atom. The number of imidazole rings is 1. The highest BCUT2D eigenvalue weighted by atomic mass is 19.4. The number of halogens is 3. The summed E-state index contributed by atoms with van der Waals surface area (Å²) in [5, 5.41) is 11.6. The van der Waals surface area contributed by atoms with Crippen molar-refractivity contribution < 1.29 is 23.2 Å². The molecular weight excluding hydrogens is 449 g/mol. The number of aliphatic imine (C=N–C) groups is 2. The summed E-state index contributed by atoms with van der Waals surface area (Å²) in [7, 11) is 0. The molecule has 3 N–H and O–H groups in total. The van der Waals surface area contributed by atoms with Gasteiger partial charge in [-0.3, -0.25) is 24.4 Å². The molecule has 0 aliphatic carbocycles. The van der Waals surface area contributed by atoms with E-state index in [1.165, 1.54) is 28.9 Å². The van der Waals surface area contributed by atoms with Crippen LogP contribution in [0.3, 0.4) is 0 Å². The van der Waals surface area contributed by atoms with E-state index in [4.69, 9.17) is 5.21 Å². The van der Waals surface area contributed by atoms with Crippen molar-refractivity contribution in [2.75, 3.05) is 12.0 Å². The monoisotopic (exact) mass is 474 g/mol. The second-order valence-electron chi connectivity index (χ2n) is 6.58. The molecule has 0 aliphatic heterocycles. The molecule has 0 spiro atoms. The Balaban J connectivity index is 0.00000199. The average Bonchev–Trinajstić information content (AvgIpc) is 3.17. The largest absolute Gasteiger partial charge is 0.416 e. The van der Waals surface area contributed by atoms with Crippen LogP contribution in [0.15, 0.2) is 58.7 Å². The van der Waals surface area contributed by atoms with E-state index < -0.39 is 17.6 Å². The third-order valence-corrected chi connectivity index (χ3v) is 4.50. The van der Waals surface area contributed by atoms with Crippen molar-refractivity contribution in [3.8, 4) is 0 Å². The lowest BCUT2D eigenvalue weighted by molar-refractivity contribution is -0.137. The number of fused-ring (bicyclic) bond motifs is 1. The van der Waals surface area contributed by atoms with E-state index in [2.05, 4.69) is 27.0 Å². The molecule has 0 bridgehead atoms. The van der Waals surface area contributed by atoms with Crippen LogP contribution in [0.1, 0.15) is 41.2 Å². The molecule has 3 rings (SSSR count). The number of aromatic nitrogens is 2. The van der Waals surface area contributed by atoms with Gasteiger partial charge in [0.25, 0.3) is 5.91 Å². The minimum atomic E-state index is -4.46. The number of hydrogen-bond acceptors (Lipinski definition) is 6. The van der Waals surface area contributed by atoms with Crippen molar-refractivity contribution in [3.63, 3.8) is 0 Å². The highest BCUT2D eigenvalue weighted by Gasteiger charge is 2.31. The summed E-state index contributed by atoms with van der Waals surface area (Å²) in [4.78, 5) is 23.7. The normalized spacial score (nSPS) is 11.8. The van der Waals surface area contributed by atoms with Gasteiger partial charge in [-0.1, -0.05) is 13.8 Å². The minimum Gasteiger partial charge on any atom is -0.366 e. The maximum atomic E-state index is 13.0. The molecule has 1 amide bonds. The Labute approximate surface area is 194 Å². The van der Waals surface area contributed by atoms with Crippen LogP contribution >= 0.6 is 0 Å². The number of nitrogens with one attached hydrogen (secondary N) is 2. The molecule has 180 valence electrons. The van der Waals surface area contributed by atoms with Gasteiger partial charge in [0, 0.05) is 23.7 Å². The number of nitrogens with zero attached hydrogens (tertiary/aromatic N) is 4. The number of alkyl halides is 3. The number of anilines is 1. The molecule has 3 aromatic rings. The lowest BCUT2D eigenvalue weighted by Gasteiger charge is -2.07. The highest BCUT2D eigenvalue weighted by Crippen LogP contribution is 2.31. The molecule has 34 heavy (non-hydrogen) atoms. The van der Waals surface area contributed by atoms with E-state index in [0.717, 1.165) is 12.1 Å². The van der Waals surface area contributed by atoms with Gasteiger partial charge in [-0.15, -0.1) is 0 Å². The van der Waals surface area contributed by atoms with E-state index in [-0.39, 0.29) is 12.3 Å². The molecule has 11 heteroatoms. The summed E-state index contributed by atoms with van der Waals surface area (Å²) in [6, 6.07) is 8.34.